The number of rotatable bonds is 3. The number of imide groups is 2. The quantitative estimate of drug-likeness (QED) is 0.614. The van der Waals surface area contributed by atoms with Gasteiger partial charge in [0.25, 0.3) is 11.8 Å². The fourth-order valence-electron chi connectivity index (χ4n) is 3.30. The first-order valence-electron chi connectivity index (χ1n) is 8.69. The zero-order valence-corrected chi connectivity index (χ0v) is 16.3. The molecule has 2 aromatic rings. The molecule has 0 bridgehead atoms. The lowest BCUT2D eigenvalue weighted by atomic mass is 10.1. The molecule has 1 saturated heterocycles. The van der Waals surface area contributed by atoms with Crippen molar-refractivity contribution in [3.05, 3.63) is 40.9 Å². The minimum atomic E-state index is -0.631. The first kappa shape index (κ1) is 18.6. The van der Waals surface area contributed by atoms with E-state index in [1.54, 1.807) is 12.3 Å². The molecule has 3 rings (SSSR count). The van der Waals surface area contributed by atoms with Crippen molar-refractivity contribution in [3.63, 3.8) is 0 Å². The monoisotopic (exact) mass is 369 g/mol. The number of amides is 4. The maximum absolute atomic E-state index is 12.4. The standard InChI is InChI=1S/C19H23N5O3/c1-11(2)24-16(7-8-20-24)23-12(3)9-14(13(23)4)10-15-17(25)21(5)19(27)22(6)18(15)26/h7-11H,1-6H3. The molecule has 8 heteroatoms. The topological polar surface area (TPSA) is 80.4 Å². The Morgan fingerprint density at radius 2 is 1.63 bits per heavy atom. The van der Waals surface area contributed by atoms with Crippen LogP contribution in [0, 0.1) is 13.8 Å². The second-order valence-electron chi connectivity index (χ2n) is 6.96. The summed E-state index contributed by atoms with van der Waals surface area (Å²) in [4.78, 5) is 38.7. The van der Waals surface area contributed by atoms with Gasteiger partial charge in [0.05, 0.1) is 6.20 Å². The molecule has 1 aliphatic heterocycles. The van der Waals surface area contributed by atoms with Crippen molar-refractivity contribution >= 4 is 23.9 Å². The molecule has 0 N–H and O–H groups in total. The third-order valence-electron chi connectivity index (χ3n) is 4.78. The van der Waals surface area contributed by atoms with Gasteiger partial charge in [0.1, 0.15) is 11.4 Å². The third kappa shape index (κ3) is 2.87. The normalized spacial score (nSPS) is 15.4. The zero-order chi connectivity index (χ0) is 20.0. The van der Waals surface area contributed by atoms with Crippen LogP contribution < -0.4 is 0 Å². The van der Waals surface area contributed by atoms with Gasteiger partial charge in [-0.3, -0.25) is 19.4 Å². The van der Waals surface area contributed by atoms with Crippen molar-refractivity contribution in [3.8, 4) is 5.82 Å². The summed E-state index contributed by atoms with van der Waals surface area (Å²) in [5, 5.41) is 4.37. The van der Waals surface area contributed by atoms with Crippen molar-refractivity contribution < 1.29 is 14.4 Å². The molecule has 27 heavy (non-hydrogen) atoms. The largest absolute Gasteiger partial charge is 0.333 e. The van der Waals surface area contributed by atoms with Gasteiger partial charge in [0.15, 0.2) is 0 Å². The van der Waals surface area contributed by atoms with Crippen molar-refractivity contribution in [2.24, 2.45) is 0 Å². The smallest absolute Gasteiger partial charge is 0.303 e. The zero-order valence-electron chi connectivity index (χ0n) is 16.3. The van der Waals surface area contributed by atoms with Crippen molar-refractivity contribution in [2.75, 3.05) is 14.1 Å². The number of carbonyl (C=O) groups is 3. The first-order valence-corrected chi connectivity index (χ1v) is 8.69. The van der Waals surface area contributed by atoms with E-state index in [0.29, 0.717) is 0 Å². The Labute approximate surface area is 157 Å². The van der Waals surface area contributed by atoms with E-state index < -0.39 is 17.8 Å². The number of hydrogen-bond donors (Lipinski definition) is 0. The Morgan fingerprint density at radius 3 is 2.19 bits per heavy atom. The minimum Gasteiger partial charge on any atom is -0.303 e. The minimum absolute atomic E-state index is 0.0304. The van der Waals surface area contributed by atoms with E-state index in [2.05, 4.69) is 18.9 Å². The summed E-state index contributed by atoms with van der Waals surface area (Å²) in [5.74, 6) is -0.282. The van der Waals surface area contributed by atoms with Crippen LogP contribution in [0.1, 0.15) is 36.8 Å². The maximum atomic E-state index is 12.4. The fourth-order valence-corrected chi connectivity index (χ4v) is 3.30. The van der Waals surface area contributed by atoms with Gasteiger partial charge < -0.3 is 4.57 Å². The second-order valence-corrected chi connectivity index (χ2v) is 6.96. The number of nitrogens with zero attached hydrogens (tertiary/aromatic N) is 5. The van der Waals surface area contributed by atoms with E-state index in [1.165, 1.54) is 14.1 Å². The highest BCUT2D eigenvalue weighted by molar-refractivity contribution is 6.30. The van der Waals surface area contributed by atoms with Gasteiger partial charge in [-0.2, -0.15) is 5.10 Å². The summed E-state index contributed by atoms with van der Waals surface area (Å²) < 4.78 is 3.95. The van der Waals surface area contributed by atoms with Crippen LogP contribution in [0.3, 0.4) is 0 Å². The Hall–Kier alpha value is -3.16. The Bertz CT molecular complexity index is 954. The van der Waals surface area contributed by atoms with Gasteiger partial charge in [-0.05, 0) is 45.4 Å². The summed E-state index contributed by atoms with van der Waals surface area (Å²) in [6.07, 6.45) is 3.30. The maximum Gasteiger partial charge on any atom is 0.333 e. The highest BCUT2D eigenvalue weighted by atomic mass is 16.2. The van der Waals surface area contributed by atoms with Gasteiger partial charge in [-0.1, -0.05) is 0 Å². The summed E-state index contributed by atoms with van der Waals surface area (Å²) in [7, 11) is 2.73. The van der Waals surface area contributed by atoms with Crippen LogP contribution in [0.5, 0.6) is 0 Å². The molecule has 0 radical (unpaired) electrons. The lowest BCUT2D eigenvalue weighted by molar-refractivity contribution is -0.134. The van der Waals surface area contributed by atoms with E-state index in [-0.39, 0.29) is 11.6 Å². The molecule has 0 spiro atoms. The highest BCUT2D eigenvalue weighted by Crippen LogP contribution is 2.26. The number of hydrogen-bond acceptors (Lipinski definition) is 4. The molecular weight excluding hydrogens is 346 g/mol. The Morgan fingerprint density at radius 1 is 1.04 bits per heavy atom. The molecule has 8 nitrogen and oxygen atoms in total. The summed E-state index contributed by atoms with van der Waals surface area (Å²) in [6.45, 7) is 7.98. The molecule has 1 aliphatic rings. The van der Waals surface area contributed by atoms with E-state index >= 15 is 0 Å². The predicted molar refractivity (Wildman–Crippen MR) is 100 cm³/mol. The van der Waals surface area contributed by atoms with Crippen LogP contribution in [0.25, 0.3) is 11.9 Å². The Balaban J connectivity index is 2.11. The van der Waals surface area contributed by atoms with Gasteiger partial charge in [-0.15, -0.1) is 0 Å². The Kier molecular flexibility index (Phi) is 4.51. The number of carbonyl (C=O) groups excluding carboxylic acids is 3. The van der Waals surface area contributed by atoms with Gasteiger partial charge >= 0.3 is 6.03 Å². The van der Waals surface area contributed by atoms with Crippen LogP contribution in [-0.2, 0) is 9.59 Å². The summed E-state index contributed by atoms with van der Waals surface area (Å²) in [6, 6.07) is 3.40. The predicted octanol–water partition coefficient (Wildman–Crippen LogP) is 2.31. The number of barbiturate groups is 1. The van der Waals surface area contributed by atoms with E-state index in [9.17, 15) is 14.4 Å². The summed E-state index contributed by atoms with van der Waals surface area (Å²) >= 11 is 0. The lowest BCUT2D eigenvalue weighted by Crippen LogP contribution is -2.52. The van der Waals surface area contributed by atoms with Gasteiger partial charge in [0.2, 0.25) is 0 Å². The molecule has 0 aromatic carbocycles. The number of likely N-dealkylation sites (N-methyl/N-ethyl adjacent to an activating group) is 2. The van der Waals surface area contributed by atoms with E-state index in [4.69, 9.17) is 0 Å². The third-order valence-corrected chi connectivity index (χ3v) is 4.78. The molecule has 2 aromatic heterocycles. The molecule has 4 amide bonds. The van der Waals surface area contributed by atoms with Crippen LogP contribution in [0.2, 0.25) is 0 Å². The van der Waals surface area contributed by atoms with Crippen LogP contribution in [0.4, 0.5) is 4.79 Å². The molecule has 142 valence electrons. The number of urea groups is 1. The molecular formula is C19H23N5O3. The fraction of sp³-hybridized carbons (Fsp3) is 0.368. The molecule has 0 atom stereocenters. The summed E-state index contributed by atoms with van der Waals surface area (Å²) in [5.41, 5.74) is 2.55. The molecule has 0 unspecified atom stereocenters. The first-order chi connectivity index (χ1) is 12.6. The van der Waals surface area contributed by atoms with Crippen molar-refractivity contribution in [1.82, 2.24) is 24.1 Å². The van der Waals surface area contributed by atoms with Gasteiger partial charge in [-0.25, -0.2) is 9.48 Å². The lowest BCUT2D eigenvalue weighted by Gasteiger charge is -2.28. The number of aryl methyl sites for hydroxylation is 1. The van der Waals surface area contributed by atoms with Crippen LogP contribution in [0.15, 0.2) is 23.9 Å². The SMILES string of the molecule is Cc1cc(C=C2C(=O)N(C)C(=O)N(C)C2=O)c(C)n1-c1ccnn1C(C)C. The number of aromatic nitrogens is 3. The molecule has 3 heterocycles. The highest BCUT2D eigenvalue weighted by Gasteiger charge is 2.38. The van der Waals surface area contributed by atoms with Crippen LogP contribution >= 0.6 is 0 Å². The van der Waals surface area contributed by atoms with E-state index in [0.717, 1.165) is 32.6 Å². The molecule has 1 fully saturated rings. The second kappa shape index (κ2) is 6.53. The van der Waals surface area contributed by atoms with Crippen LogP contribution in [-0.4, -0.2) is 56.1 Å². The van der Waals surface area contributed by atoms with Crippen molar-refractivity contribution in [1.29, 1.82) is 0 Å². The average Bonchev–Trinajstić information content (AvgIpc) is 3.19. The van der Waals surface area contributed by atoms with Crippen molar-refractivity contribution in [2.45, 2.75) is 33.7 Å². The molecule has 0 saturated carbocycles. The van der Waals surface area contributed by atoms with E-state index in [1.807, 2.05) is 35.2 Å². The van der Waals surface area contributed by atoms with Gasteiger partial charge in [0, 0.05) is 37.6 Å². The molecule has 0 aliphatic carbocycles. The average molecular weight is 369 g/mol.